The third-order valence-corrected chi connectivity index (χ3v) is 6.07. The molecule has 0 unspecified atom stereocenters. The van der Waals surface area contributed by atoms with Gasteiger partial charge in [-0.25, -0.2) is 9.37 Å². The van der Waals surface area contributed by atoms with Crippen molar-refractivity contribution in [1.82, 2.24) is 9.38 Å². The van der Waals surface area contributed by atoms with Crippen LogP contribution in [-0.4, -0.2) is 38.4 Å². The van der Waals surface area contributed by atoms with Crippen molar-refractivity contribution in [2.45, 2.75) is 44.7 Å². The Morgan fingerprint density at radius 2 is 1.91 bits per heavy atom. The van der Waals surface area contributed by atoms with Gasteiger partial charge in [-0.2, -0.15) is 5.26 Å². The molecule has 0 bridgehead atoms. The third-order valence-electron chi connectivity index (χ3n) is 6.07. The Balaban J connectivity index is 1.73. The number of anilines is 2. The van der Waals surface area contributed by atoms with Gasteiger partial charge in [0.05, 0.1) is 6.04 Å². The minimum Gasteiger partial charge on any atom is -0.378 e. The highest BCUT2D eigenvalue weighted by molar-refractivity contribution is 5.59. The highest BCUT2D eigenvalue weighted by atomic mass is 19.1. The third kappa shape index (κ3) is 4.53. The van der Waals surface area contributed by atoms with E-state index in [1.165, 1.54) is 10.5 Å². The smallest absolute Gasteiger partial charge is 0.259 e. The number of piperidine rings is 1. The lowest BCUT2D eigenvalue weighted by Gasteiger charge is -2.33. The normalized spacial score (nSPS) is 16.6. The molecule has 1 aliphatic heterocycles. The van der Waals surface area contributed by atoms with Gasteiger partial charge in [0, 0.05) is 55.0 Å². The van der Waals surface area contributed by atoms with Gasteiger partial charge in [-0.15, -0.1) is 0 Å². The fourth-order valence-corrected chi connectivity index (χ4v) is 4.21. The Bertz CT molecular complexity index is 1280. The molecule has 1 fully saturated rings. The maximum atomic E-state index is 14.3. The number of aliphatic hydroxyl groups excluding tert-OH is 1. The van der Waals surface area contributed by atoms with Gasteiger partial charge >= 0.3 is 0 Å². The standard InChI is InChI=1S/C24H26FN5O3/c1-15-11-18(16(2)27-19-6-4-3-5-17(19)23(32)33)22-28-20(12-21(31)30(22)13-15)29-9-7-24(25,14-26)8-10-29/h3-6,11-13,16,23,27,32-33H,7-10H2,1-2H3/t16-/m1/s1. The SMILES string of the molecule is Cc1cc([C@@H](C)Nc2ccccc2C(O)O)c2nc(N3CCC(F)(C#N)CC3)cc(=O)n2c1. The van der Waals surface area contributed by atoms with Gasteiger partial charge in [-0.05, 0) is 31.5 Å². The molecule has 172 valence electrons. The summed E-state index contributed by atoms with van der Waals surface area (Å²) in [6.45, 7) is 4.38. The number of aryl methyl sites for hydroxylation is 1. The Morgan fingerprint density at radius 1 is 1.21 bits per heavy atom. The topological polar surface area (TPSA) is 114 Å². The van der Waals surface area contributed by atoms with Gasteiger partial charge in [-0.3, -0.25) is 9.20 Å². The van der Waals surface area contributed by atoms with Crippen LogP contribution in [0.2, 0.25) is 0 Å². The zero-order chi connectivity index (χ0) is 23.8. The number of hydrogen-bond acceptors (Lipinski definition) is 7. The van der Waals surface area contributed by atoms with E-state index < -0.39 is 12.0 Å². The van der Waals surface area contributed by atoms with E-state index >= 15 is 0 Å². The number of hydrogen-bond donors (Lipinski definition) is 3. The summed E-state index contributed by atoms with van der Waals surface area (Å²) in [6, 6.07) is 11.7. The minimum atomic E-state index is -1.84. The molecular weight excluding hydrogens is 425 g/mol. The van der Waals surface area contributed by atoms with Crippen LogP contribution in [0.4, 0.5) is 15.9 Å². The lowest BCUT2D eigenvalue weighted by atomic mass is 9.95. The fourth-order valence-electron chi connectivity index (χ4n) is 4.21. The molecule has 1 aromatic carbocycles. The molecular formula is C24H26FN5O3. The van der Waals surface area contributed by atoms with Gasteiger partial charge in [-0.1, -0.05) is 18.2 Å². The van der Waals surface area contributed by atoms with Crippen LogP contribution in [-0.2, 0) is 0 Å². The monoisotopic (exact) mass is 451 g/mol. The highest BCUT2D eigenvalue weighted by Gasteiger charge is 2.35. The van der Waals surface area contributed by atoms with E-state index in [2.05, 4.69) is 5.32 Å². The number of para-hydroxylation sites is 1. The molecule has 3 aromatic rings. The van der Waals surface area contributed by atoms with Crippen LogP contribution >= 0.6 is 0 Å². The van der Waals surface area contributed by atoms with Crippen LogP contribution < -0.4 is 15.8 Å². The van der Waals surface area contributed by atoms with Crippen LogP contribution in [0.3, 0.4) is 0 Å². The van der Waals surface area contributed by atoms with Crippen LogP contribution in [0, 0.1) is 18.3 Å². The van der Waals surface area contributed by atoms with Crippen LogP contribution in [0.25, 0.3) is 5.65 Å². The second-order valence-electron chi connectivity index (χ2n) is 8.51. The summed E-state index contributed by atoms with van der Waals surface area (Å²) in [6.07, 6.45) is 0.208. The van der Waals surface area contributed by atoms with Gasteiger partial charge in [0.15, 0.2) is 12.0 Å². The van der Waals surface area contributed by atoms with Gasteiger partial charge in [0.25, 0.3) is 5.56 Å². The molecule has 33 heavy (non-hydrogen) atoms. The number of alkyl halides is 1. The second kappa shape index (κ2) is 8.81. The van der Waals surface area contributed by atoms with E-state index in [-0.39, 0.29) is 24.4 Å². The Labute approximate surface area is 190 Å². The van der Waals surface area contributed by atoms with Gasteiger partial charge in [0.1, 0.15) is 17.5 Å². The Kier molecular flexibility index (Phi) is 6.06. The first-order valence-corrected chi connectivity index (χ1v) is 10.8. The molecule has 3 heterocycles. The molecule has 0 amide bonds. The molecule has 0 aliphatic carbocycles. The van der Waals surface area contributed by atoms with Crippen molar-refractivity contribution < 1.29 is 14.6 Å². The van der Waals surface area contributed by atoms with Gasteiger partial charge in [0.2, 0.25) is 0 Å². The van der Waals surface area contributed by atoms with Crippen LogP contribution in [0.15, 0.2) is 47.4 Å². The zero-order valence-corrected chi connectivity index (χ0v) is 18.5. The molecule has 0 saturated carbocycles. The van der Waals surface area contributed by atoms with E-state index in [9.17, 15) is 19.4 Å². The van der Waals surface area contributed by atoms with Crippen molar-refractivity contribution in [1.29, 1.82) is 5.26 Å². The number of benzene rings is 1. The van der Waals surface area contributed by atoms with Crippen molar-refractivity contribution in [2.24, 2.45) is 0 Å². The average molecular weight is 452 g/mol. The number of halogens is 1. The zero-order valence-electron chi connectivity index (χ0n) is 18.5. The fraction of sp³-hybridized carbons (Fsp3) is 0.375. The molecule has 1 saturated heterocycles. The second-order valence-corrected chi connectivity index (χ2v) is 8.51. The summed E-state index contributed by atoms with van der Waals surface area (Å²) in [5.74, 6) is 0.448. The summed E-state index contributed by atoms with van der Waals surface area (Å²) < 4.78 is 15.8. The van der Waals surface area contributed by atoms with Crippen LogP contribution in [0.5, 0.6) is 0 Å². The summed E-state index contributed by atoms with van der Waals surface area (Å²) >= 11 is 0. The van der Waals surface area contributed by atoms with E-state index in [0.717, 1.165) is 11.1 Å². The molecule has 9 heteroatoms. The number of aliphatic hydroxyl groups is 2. The first-order chi connectivity index (χ1) is 15.7. The number of nitrogens with one attached hydrogen (secondary N) is 1. The summed E-state index contributed by atoms with van der Waals surface area (Å²) in [4.78, 5) is 19.5. The molecule has 0 spiro atoms. The number of nitriles is 1. The summed E-state index contributed by atoms with van der Waals surface area (Å²) in [7, 11) is 0. The first kappa shape index (κ1) is 22.7. The molecule has 4 rings (SSSR count). The number of aromatic nitrogens is 2. The molecule has 1 atom stereocenters. The van der Waals surface area contributed by atoms with Gasteiger partial charge < -0.3 is 20.4 Å². The molecule has 0 radical (unpaired) electrons. The predicted molar refractivity (Wildman–Crippen MR) is 123 cm³/mol. The largest absolute Gasteiger partial charge is 0.378 e. The first-order valence-electron chi connectivity index (χ1n) is 10.8. The van der Waals surface area contributed by atoms with Crippen molar-refractivity contribution in [3.05, 3.63) is 69.6 Å². The maximum absolute atomic E-state index is 14.3. The van der Waals surface area contributed by atoms with Crippen molar-refractivity contribution in [3.8, 4) is 6.07 Å². The van der Waals surface area contributed by atoms with Crippen LogP contribution in [0.1, 0.15) is 48.8 Å². The van der Waals surface area contributed by atoms with E-state index in [4.69, 9.17) is 10.2 Å². The summed E-state index contributed by atoms with van der Waals surface area (Å²) in [5, 5.41) is 31.7. The Hall–Kier alpha value is -3.48. The lowest BCUT2D eigenvalue weighted by molar-refractivity contribution is -0.0419. The number of fused-ring (bicyclic) bond motifs is 1. The highest BCUT2D eigenvalue weighted by Crippen LogP contribution is 2.30. The predicted octanol–water partition coefficient (Wildman–Crippen LogP) is 2.99. The molecule has 1 aliphatic rings. The molecule has 2 aromatic heterocycles. The maximum Gasteiger partial charge on any atom is 0.259 e. The van der Waals surface area contributed by atoms with E-state index in [0.29, 0.717) is 35.8 Å². The lowest BCUT2D eigenvalue weighted by Crippen LogP contribution is -2.41. The van der Waals surface area contributed by atoms with E-state index in [1.807, 2.05) is 24.8 Å². The minimum absolute atomic E-state index is 0.0591. The molecule has 3 N–H and O–H groups in total. The van der Waals surface area contributed by atoms with E-state index in [1.54, 1.807) is 36.5 Å². The Morgan fingerprint density at radius 3 is 2.58 bits per heavy atom. The van der Waals surface area contributed by atoms with Crippen molar-refractivity contribution in [3.63, 3.8) is 0 Å². The van der Waals surface area contributed by atoms with Crippen molar-refractivity contribution in [2.75, 3.05) is 23.3 Å². The summed E-state index contributed by atoms with van der Waals surface area (Å²) in [5.41, 5.74) is 0.890. The number of pyridine rings is 1. The van der Waals surface area contributed by atoms with Crippen molar-refractivity contribution >= 4 is 17.2 Å². The average Bonchev–Trinajstić information content (AvgIpc) is 2.79. The molecule has 8 nitrogen and oxygen atoms in total. The number of nitrogens with zero attached hydrogens (tertiary/aromatic N) is 4. The quantitative estimate of drug-likeness (QED) is 0.511. The number of rotatable bonds is 5.